The van der Waals surface area contributed by atoms with E-state index in [0.717, 1.165) is 5.57 Å². The molecule has 0 aromatic heterocycles. The van der Waals surface area contributed by atoms with Crippen molar-refractivity contribution in [2.24, 2.45) is 11.5 Å². The molecule has 9 heteroatoms. The first-order valence-electron chi connectivity index (χ1n) is 7.83. The van der Waals surface area contributed by atoms with Crippen molar-refractivity contribution >= 4 is 6.09 Å². The Morgan fingerprint density at radius 1 is 1.15 bits per heavy atom. The molecule has 0 unspecified atom stereocenters. The highest BCUT2D eigenvalue weighted by Crippen LogP contribution is 2.22. The molecule has 0 heterocycles. The maximum Gasteiger partial charge on any atom is 0.407 e. The Morgan fingerprint density at radius 2 is 1.78 bits per heavy atom. The van der Waals surface area contributed by atoms with Gasteiger partial charge in [-0.25, -0.2) is 4.79 Å². The number of hydrogen-bond donors (Lipinski definition) is 4. The Kier molecular flexibility index (Phi) is 10.2. The second-order valence-electron chi connectivity index (χ2n) is 5.14. The lowest BCUT2D eigenvalue weighted by atomic mass is 10.2. The molecule has 0 atom stereocenters. The molecule has 6 N–H and O–H groups in total. The van der Waals surface area contributed by atoms with Gasteiger partial charge in [-0.1, -0.05) is 12.2 Å². The fourth-order valence-corrected chi connectivity index (χ4v) is 1.68. The number of nitrogens with one attached hydrogen (secondary N) is 2. The summed E-state index contributed by atoms with van der Waals surface area (Å²) in [4.78, 5) is 16.8. The number of amides is 1. The average molecular weight is 374 g/mol. The number of carbonyl (C=O) groups is 1. The highest BCUT2D eigenvalue weighted by molar-refractivity contribution is 5.67. The third kappa shape index (κ3) is 10.1. The van der Waals surface area contributed by atoms with Crippen molar-refractivity contribution in [2.45, 2.75) is 13.5 Å². The van der Waals surface area contributed by atoms with Crippen LogP contribution in [0.4, 0.5) is 4.79 Å². The molecule has 0 radical (unpaired) electrons. The number of hydroxylamine groups is 1. The first-order chi connectivity index (χ1) is 13.0. The second-order valence-corrected chi connectivity index (χ2v) is 5.14. The zero-order valence-electron chi connectivity index (χ0n) is 15.0. The molecular weight excluding hydrogens is 352 g/mol. The molecule has 0 aliphatic carbocycles. The van der Waals surface area contributed by atoms with Gasteiger partial charge in [0.25, 0.3) is 0 Å². The van der Waals surface area contributed by atoms with Crippen LogP contribution in [0.2, 0.25) is 0 Å². The van der Waals surface area contributed by atoms with Crippen LogP contribution in [-0.4, -0.2) is 25.9 Å². The Hall–Kier alpha value is -3.53. The molecule has 0 saturated heterocycles. The highest BCUT2D eigenvalue weighted by atomic mass is 16.6. The third-order valence-electron chi connectivity index (χ3n) is 2.69. The molecule has 0 bridgehead atoms. The summed E-state index contributed by atoms with van der Waals surface area (Å²) >= 11 is 0. The van der Waals surface area contributed by atoms with Crippen LogP contribution in [0.1, 0.15) is 12.5 Å². The fourth-order valence-electron chi connectivity index (χ4n) is 1.68. The number of carbonyl (C=O) groups excluding carboxylic acids is 1. The van der Waals surface area contributed by atoms with Crippen molar-refractivity contribution < 1.29 is 23.8 Å². The maximum absolute atomic E-state index is 11.7. The number of benzene rings is 1. The molecule has 0 saturated carbocycles. The smallest absolute Gasteiger partial charge is 0.407 e. The van der Waals surface area contributed by atoms with Gasteiger partial charge >= 0.3 is 6.09 Å². The molecule has 1 amide bonds. The summed E-state index contributed by atoms with van der Waals surface area (Å²) in [5, 5.41) is 2.60. The first kappa shape index (κ1) is 21.5. The zero-order valence-corrected chi connectivity index (χ0v) is 15.0. The zero-order chi connectivity index (χ0) is 19.9. The van der Waals surface area contributed by atoms with Crippen molar-refractivity contribution in [3.05, 3.63) is 35.9 Å². The number of alkyl carbamates (subject to hydrolysis) is 1. The maximum atomic E-state index is 11.7. The van der Waals surface area contributed by atoms with E-state index in [2.05, 4.69) is 41.7 Å². The average Bonchev–Trinajstić information content (AvgIpc) is 2.65. The van der Waals surface area contributed by atoms with Gasteiger partial charge in [0, 0.05) is 24.7 Å². The van der Waals surface area contributed by atoms with E-state index in [0.29, 0.717) is 30.2 Å². The molecule has 144 valence electrons. The minimum Gasteiger partial charge on any atom is -0.448 e. The molecule has 0 spiro atoms. The van der Waals surface area contributed by atoms with Gasteiger partial charge < -0.3 is 31.0 Å². The van der Waals surface area contributed by atoms with Crippen LogP contribution in [0.25, 0.3) is 0 Å². The standard InChI is InChI=1S/C18H22N4O5/c1-14(2)13-27-22-5-8-26-18(23)21-12-15-9-16(24-6-3-19)11-17(10-15)25-7-4-20/h9-11,22H,1,5,8,12-13,19-20H2,2H3,(H,21,23). The van der Waals surface area contributed by atoms with Crippen molar-refractivity contribution in [3.8, 4) is 35.8 Å². The molecule has 0 aliphatic rings. The van der Waals surface area contributed by atoms with Crippen LogP contribution in [0.15, 0.2) is 30.4 Å². The Labute approximate surface area is 157 Å². The minimum atomic E-state index is -0.589. The monoisotopic (exact) mass is 374 g/mol. The molecule has 1 aromatic carbocycles. The lowest BCUT2D eigenvalue weighted by Crippen LogP contribution is -2.28. The SMILES string of the molecule is C=C(C)CONCCOC(=O)NCc1cc(OC#CN)cc(OC#CN)c1. The van der Waals surface area contributed by atoms with Crippen LogP contribution < -0.4 is 31.7 Å². The van der Waals surface area contributed by atoms with Crippen molar-refractivity contribution in [3.63, 3.8) is 0 Å². The van der Waals surface area contributed by atoms with Crippen molar-refractivity contribution in [1.29, 1.82) is 0 Å². The van der Waals surface area contributed by atoms with Crippen LogP contribution >= 0.6 is 0 Å². The van der Waals surface area contributed by atoms with Gasteiger partial charge in [-0.3, -0.25) is 4.84 Å². The minimum absolute atomic E-state index is 0.137. The van der Waals surface area contributed by atoms with E-state index < -0.39 is 6.09 Å². The van der Waals surface area contributed by atoms with E-state index in [4.69, 9.17) is 30.5 Å². The quantitative estimate of drug-likeness (QED) is 0.153. The molecule has 0 aliphatic heterocycles. The lowest BCUT2D eigenvalue weighted by Gasteiger charge is -2.10. The summed E-state index contributed by atoms with van der Waals surface area (Å²) in [6.07, 6.45) is 3.94. The van der Waals surface area contributed by atoms with E-state index in [9.17, 15) is 4.79 Å². The molecule has 1 rings (SSSR count). The summed E-state index contributed by atoms with van der Waals surface area (Å²) in [5.41, 5.74) is 14.4. The van der Waals surface area contributed by atoms with E-state index in [1.54, 1.807) is 18.2 Å². The van der Waals surface area contributed by atoms with Gasteiger partial charge in [0.15, 0.2) is 0 Å². The first-order valence-corrected chi connectivity index (χ1v) is 7.83. The van der Waals surface area contributed by atoms with Gasteiger partial charge in [0.2, 0.25) is 0 Å². The molecular formula is C18H22N4O5. The number of nitrogens with two attached hydrogens (primary N) is 2. The van der Waals surface area contributed by atoms with Gasteiger partial charge in [-0.2, -0.15) is 5.48 Å². The summed E-state index contributed by atoms with van der Waals surface area (Å²) in [7, 11) is 0. The largest absolute Gasteiger partial charge is 0.448 e. The molecule has 1 aromatic rings. The van der Waals surface area contributed by atoms with Crippen LogP contribution in [-0.2, 0) is 16.1 Å². The molecule has 27 heavy (non-hydrogen) atoms. The Bertz CT molecular complexity index is 718. The van der Waals surface area contributed by atoms with Gasteiger partial charge in [-0.05, 0) is 24.6 Å². The highest BCUT2D eigenvalue weighted by Gasteiger charge is 2.06. The Balaban J connectivity index is 2.48. The third-order valence-corrected chi connectivity index (χ3v) is 2.69. The van der Waals surface area contributed by atoms with Crippen molar-refractivity contribution in [2.75, 3.05) is 19.8 Å². The van der Waals surface area contributed by atoms with Gasteiger partial charge in [0.05, 0.1) is 13.2 Å². The lowest BCUT2D eigenvalue weighted by molar-refractivity contribution is 0.0433. The van der Waals surface area contributed by atoms with E-state index in [1.807, 2.05) is 6.92 Å². The molecule has 9 nitrogen and oxygen atoms in total. The van der Waals surface area contributed by atoms with Crippen LogP contribution in [0, 0.1) is 24.3 Å². The summed E-state index contributed by atoms with van der Waals surface area (Å²) in [6.45, 7) is 6.57. The van der Waals surface area contributed by atoms with Crippen molar-refractivity contribution in [1.82, 2.24) is 10.8 Å². The number of ether oxygens (including phenoxy) is 3. The number of rotatable bonds is 10. The summed E-state index contributed by atoms with van der Waals surface area (Å²) < 4.78 is 15.3. The second kappa shape index (κ2) is 12.8. The van der Waals surface area contributed by atoms with E-state index in [1.165, 1.54) is 0 Å². The number of hydrogen-bond acceptors (Lipinski definition) is 8. The summed E-state index contributed by atoms with van der Waals surface area (Å²) in [5.74, 6) is 0.738. The van der Waals surface area contributed by atoms with Gasteiger partial charge in [0.1, 0.15) is 30.3 Å². The fraction of sp³-hybridized carbons (Fsp3) is 0.278. The van der Waals surface area contributed by atoms with E-state index in [-0.39, 0.29) is 13.2 Å². The van der Waals surface area contributed by atoms with E-state index >= 15 is 0 Å². The normalized spacial score (nSPS) is 9.07. The predicted octanol–water partition coefficient (Wildman–Crippen LogP) is 0.522. The topological polar surface area (TPSA) is 130 Å². The van der Waals surface area contributed by atoms with Gasteiger partial charge in [-0.15, -0.1) is 0 Å². The van der Waals surface area contributed by atoms with Crippen LogP contribution in [0.5, 0.6) is 11.5 Å². The summed E-state index contributed by atoms with van der Waals surface area (Å²) in [6, 6.07) is 9.10. The Morgan fingerprint density at radius 3 is 2.33 bits per heavy atom. The predicted molar refractivity (Wildman–Crippen MR) is 98.6 cm³/mol. The van der Waals surface area contributed by atoms with Crippen LogP contribution in [0.3, 0.4) is 0 Å². The molecule has 0 fully saturated rings.